The number of hydrogen-bond donors (Lipinski definition) is 2. The molecule has 2 saturated carbocycles. The Kier molecular flexibility index (Phi) is 3.24. The van der Waals surface area contributed by atoms with Crippen molar-refractivity contribution in [3.05, 3.63) is 29.8 Å². The maximum absolute atomic E-state index is 12.4. The van der Waals surface area contributed by atoms with Crippen molar-refractivity contribution in [3.63, 3.8) is 0 Å². The summed E-state index contributed by atoms with van der Waals surface area (Å²) in [5, 5.41) is 12.3. The topological polar surface area (TPSA) is 66.4 Å². The first kappa shape index (κ1) is 13.2. The first-order valence-electron chi connectivity index (χ1n) is 7.16. The smallest absolute Gasteiger partial charge is 0.307 e. The minimum absolute atomic E-state index is 0.131. The number of aliphatic carboxylic acids is 1. The van der Waals surface area contributed by atoms with Gasteiger partial charge in [-0.2, -0.15) is 0 Å². The zero-order valence-corrected chi connectivity index (χ0v) is 11.5. The predicted octanol–water partition coefficient (Wildman–Crippen LogP) is 2.68. The van der Waals surface area contributed by atoms with Gasteiger partial charge in [0.2, 0.25) is 5.91 Å². The number of nitrogens with one attached hydrogen (secondary N) is 1. The van der Waals surface area contributed by atoms with Crippen molar-refractivity contribution in [3.8, 4) is 0 Å². The number of rotatable bonds is 3. The fourth-order valence-corrected chi connectivity index (χ4v) is 3.89. The number of benzene rings is 1. The maximum Gasteiger partial charge on any atom is 0.307 e. The fourth-order valence-electron chi connectivity index (χ4n) is 3.89. The van der Waals surface area contributed by atoms with Crippen molar-refractivity contribution < 1.29 is 14.7 Å². The van der Waals surface area contributed by atoms with Crippen LogP contribution in [0.1, 0.15) is 24.8 Å². The molecule has 2 N–H and O–H groups in total. The molecule has 1 amide bonds. The molecule has 3 rings (SSSR count). The van der Waals surface area contributed by atoms with Gasteiger partial charge in [0.1, 0.15) is 0 Å². The molecule has 2 aliphatic carbocycles. The Bertz CT molecular complexity index is 537. The van der Waals surface area contributed by atoms with E-state index in [0.717, 1.165) is 30.5 Å². The summed E-state index contributed by atoms with van der Waals surface area (Å²) in [5.41, 5.74) is 1.87. The van der Waals surface area contributed by atoms with Crippen molar-refractivity contribution in [2.45, 2.75) is 26.2 Å². The normalized spacial score (nSPS) is 31.2. The van der Waals surface area contributed by atoms with Crippen LogP contribution < -0.4 is 5.32 Å². The fraction of sp³-hybridized carbons (Fsp3) is 0.500. The van der Waals surface area contributed by atoms with Gasteiger partial charge in [0.15, 0.2) is 0 Å². The molecule has 0 aliphatic heterocycles. The third kappa shape index (κ3) is 2.19. The van der Waals surface area contributed by atoms with Crippen LogP contribution in [0.4, 0.5) is 5.69 Å². The number of anilines is 1. The highest BCUT2D eigenvalue weighted by Crippen LogP contribution is 2.52. The van der Waals surface area contributed by atoms with E-state index in [9.17, 15) is 14.7 Å². The number of carbonyl (C=O) groups excluding carboxylic acids is 1. The van der Waals surface area contributed by atoms with Crippen LogP contribution in [0.25, 0.3) is 0 Å². The lowest BCUT2D eigenvalue weighted by Crippen LogP contribution is -2.37. The SMILES string of the molecule is Cc1ccc(NC(=O)C2C3CCC(C3)C2C(=O)O)cc1. The predicted molar refractivity (Wildman–Crippen MR) is 75.3 cm³/mol. The second-order valence-electron chi connectivity index (χ2n) is 6.08. The highest BCUT2D eigenvalue weighted by molar-refractivity contribution is 5.96. The van der Waals surface area contributed by atoms with Crippen LogP contribution in [0.15, 0.2) is 24.3 Å². The van der Waals surface area contributed by atoms with E-state index in [1.54, 1.807) is 0 Å². The molecule has 4 nitrogen and oxygen atoms in total. The van der Waals surface area contributed by atoms with Crippen LogP contribution in [0.5, 0.6) is 0 Å². The number of carbonyl (C=O) groups is 2. The lowest BCUT2D eigenvalue weighted by Gasteiger charge is -2.27. The molecule has 2 aliphatic rings. The van der Waals surface area contributed by atoms with E-state index in [4.69, 9.17) is 0 Å². The van der Waals surface area contributed by atoms with Crippen LogP contribution in [-0.4, -0.2) is 17.0 Å². The lowest BCUT2D eigenvalue weighted by molar-refractivity contribution is -0.148. The number of fused-ring (bicyclic) bond motifs is 2. The largest absolute Gasteiger partial charge is 0.481 e. The average Bonchev–Trinajstić information content (AvgIpc) is 3.01. The van der Waals surface area contributed by atoms with Gasteiger partial charge < -0.3 is 10.4 Å². The number of aryl methyl sites for hydroxylation is 1. The molecular formula is C16H19NO3. The molecule has 0 spiro atoms. The molecule has 4 heteroatoms. The van der Waals surface area contributed by atoms with Crippen molar-refractivity contribution in [2.24, 2.45) is 23.7 Å². The molecule has 1 aromatic carbocycles. The summed E-state index contributed by atoms with van der Waals surface area (Å²) in [6, 6.07) is 7.59. The molecule has 20 heavy (non-hydrogen) atoms. The number of amides is 1. The second kappa shape index (κ2) is 4.93. The molecule has 2 fully saturated rings. The standard InChI is InChI=1S/C16H19NO3/c1-9-2-6-12(7-3-9)17-15(18)13-10-4-5-11(8-10)14(13)16(19)20/h2-3,6-7,10-11,13-14H,4-5,8H2,1H3,(H,17,18)(H,19,20). The number of carboxylic acids is 1. The first-order valence-corrected chi connectivity index (χ1v) is 7.16. The summed E-state index contributed by atoms with van der Waals surface area (Å²) >= 11 is 0. The highest BCUT2D eigenvalue weighted by Gasteiger charge is 2.53. The molecule has 4 atom stereocenters. The molecule has 0 heterocycles. The molecule has 0 radical (unpaired) electrons. The monoisotopic (exact) mass is 273 g/mol. The van der Waals surface area contributed by atoms with Gasteiger partial charge in [-0.3, -0.25) is 9.59 Å². The van der Waals surface area contributed by atoms with Crippen LogP contribution >= 0.6 is 0 Å². The van der Waals surface area contributed by atoms with Gasteiger partial charge in [-0.05, 0) is 50.2 Å². The summed E-state index contributed by atoms with van der Waals surface area (Å²) in [5.74, 6) is -1.39. The number of carboxylic acid groups (broad SMARTS) is 1. The molecule has 106 valence electrons. The summed E-state index contributed by atoms with van der Waals surface area (Å²) in [6.07, 6.45) is 2.83. The first-order chi connectivity index (χ1) is 9.56. The summed E-state index contributed by atoms with van der Waals surface area (Å²) in [6.45, 7) is 1.99. The molecule has 0 aromatic heterocycles. The van der Waals surface area contributed by atoms with Crippen molar-refractivity contribution in [2.75, 3.05) is 5.32 Å². The minimum Gasteiger partial charge on any atom is -0.481 e. The third-order valence-corrected chi connectivity index (χ3v) is 4.82. The lowest BCUT2D eigenvalue weighted by atomic mass is 9.78. The molecule has 1 aromatic rings. The van der Waals surface area contributed by atoms with E-state index >= 15 is 0 Å². The van der Waals surface area contributed by atoms with Gasteiger partial charge in [0, 0.05) is 5.69 Å². The molecule has 2 bridgehead atoms. The van der Waals surface area contributed by atoms with E-state index in [-0.39, 0.29) is 23.7 Å². The maximum atomic E-state index is 12.4. The zero-order chi connectivity index (χ0) is 14.3. The van der Waals surface area contributed by atoms with Crippen LogP contribution in [0.3, 0.4) is 0 Å². The minimum atomic E-state index is -0.818. The Labute approximate surface area is 118 Å². The summed E-state index contributed by atoms with van der Waals surface area (Å²) in [4.78, 5) is 23.9. The Morgan fingerprint density at radius 3 is 2.30 bits per heavy atom. The zero-order valence-electron chi connectivity index (χ0n) is 11.5. The Morgan fingerprint density at radius 1 is 1.10 bits per heavy atom. The molecular weight excluding hydrogens is 254 g/mol. The van der Waals surface area contributed by atoms with Crippen LogP contribution in [0.2, 0.25) is 0 Å². The van der Waals surface area contributed by atoms with E-state index in [2.05, 4.69) is 5.32 Å². The van der Waals surface area contributed by atoms with Gasteiger partial charge in [-0.1, -0.05) is 17.7 Å². The van der Waals surface area contributed by atoms with Gasteiger partial charge in [0.05, 0.1) is 11.8 Å². The molecule has 4 unspecified atom stereocenters. The quantitative estimate of drug-likeness (QED) is 0.889. The van der Waals surface area contributed by atoms with Crippen LogP contribution in [0, 0.1) is 30.6 Å². The van der Waals surface area contributed by atoms with Gasteiger partial charge >= 0.3 is 5.97 Å². The average molecular weight is 273 g/mol. The molecule has 0 saturated heterocycles. The van der Waals surface area contributed by atoms with E-state index in [0.29, 0.717) is 0 Å². The van der Waals surface area contributed by atoms with Gasteiger partial charge in [-0.15, -0.1) is 0 Å². The Balaban J connectivity index is 1.76. The highest BCUT2D eigenvalue weighted by atomic mass is 16.4. The summed E-state index contributed by atoms with van der Waals surface area (Å²) in [7, 11) is 0. The van der Waals surface area contributed by atoms with E-state index in [1.807, 2.05) is 31.2 Å². The van der Waals surface area contributed by atoms with Crippen molar-refractivity contribution in [1.29, 1.82) is 0 Å². The van der Waals surface area contributed by atoms with Crippen molar-refractivity contribution in [1.82, 2.24) is 0 Å². The van der Waals surface area contributed by atoms with E-state index in [1.165, 1.54) is 0 Å². The third-order valence-electron chi connectivity index (χ3n) is 4.82. The van der Waals surface area contributed by atoms with Crippen LogP contribution in [-0.2, 0) is 9.59 Å². The summed E-state index contributed by atoms with van der Waals surface area (Å²) < 4.78 is 0. The Hall–Kier alpha value is -1.84. The van der Waals surface area contributed by atoms with Gasteiger partial charge in [-0.25, -0.2) is 0 Å². The second-order valence-corrected chi connectivity index (χ2v) is 6.08. The van der Waals surface area contributed by atoms with E-state index < -0.39 is 11.9 Å². The number of hydrogen-bond acceptors (Lipinski definition) is 2. The van der Waals surface area contributed by atoms with Gasteiger partial charge in [0.25, 0.3) is 0 Å². The Morgan fingerprint density at radius 2 is 1.70 bits per heavy atom. The van der Waals surface area contributed by atoms with Crippen molar-refractivity contribution >= 4 is 17.6 Å².